The molecule has 0 radical (unpaired) electrons. The molecule has 0 aliphatic rings. The van der Waals surface area contributed by atoms with Crippen molar-refractivity contribution in [3.8, 4) is 0 Å². The number of alkyl halides is 1. The fourth-order valence-corrected chi connectivity index (χ4v) is 0.465. The molecule has 0 fully saturated rings. The van der Waals surface area contributed by atoms with Crippen molar-refractivity contribution in [3.05, 3.63) is 12.2 Å². The first-order valence-corrected chi connectivity index (χ1v) is 2.95. The summed E-state index contributed by atoms with van der Waals surface area (Å²) in [5, 5.41) is 0. The van der Waals surface area contributed by atoms with Crippen LogP contribution in [0.1, 0.15) is 27.2 Å². The van der Waals surface area contributed by atoms with Gasteiger partial charge in [-0.1, -0.05) is 19.1 Å². The van der Waals surface area contributed by atoms with Crippen LogP contribution in [0.5, 0.6) is 0 Å². The van der Waals surface area contributed by atoms with Crippen LogP contribution in [0.25, 0.3) is 0 Å². The molecule has 0 bridgehead atoms. The summed E-state index contributed by atoms with van der Waals surface area (Å²) >= 11 is 0. The van der Waals surface area contributed by atoms with Gasteiger partial charge in [-0.3, -0.25) is 0 Å². The SMILES string of the molecule is CC=CC(C)(F)CC. The smallest absolute Gasteiger partial charge is 0.126 e. The van der Waals surface area contributed by atoms with Gasteiger partial charge in [-0.25, -0.2) is 4.39 Å². The Morgan fingerprint density at radius 3 is 2.25 bits per heavy atom. The zero-order valence-electron chi connectivity index (χ0n) is 5.74. The molecule has 0 rings (SSSR count). The van der Waals surface area contributed by atoms with E-state index in [4.69, 9.17) is 0 Å². The second-order valence-corrected chi connectivity index (χ2v) is 2.13. The third kappa shape index (κ3) is 2.78. The van der Waals surface area contributed by atoms with Gasteiger partial charge in [-0.2, -0.15) is 0 Å². The van der Waals surface area contributed by atoms with Crippen LogP contribution < -0.4 is 0 Å². The normalized spacial score (nSPS) is 19.0. The summed E-state index contributed by atoms with van der Waals surface area (Å²) in [6.45, 7) is 5.24. The molecule has 1 atom stereocenters. The molecule has 0 saturated carbocycles. The van der Waals surface area contributed by atoms with Crippen molar-refractivity contribution in [1.29, 1.82) is 0 Å². The molecule has 0 nitrogen and oxygen atoms in total. The Bertz CT molecular complexity index is 82.4. The predicted molar refractivity (Wildman–Crippen MR) is 34.6 cm³/mol. The highest BCUT2D eigenvalue weighted by Gasteiger charge is 2.13. The molecule has 0 aromatic rings. The lowest BCUT2D eigenvalue weighted by atomic mass is 10.1. The molecule has 8 heavy (non-hydrogen) atoms. The van der Waals surface area contributed by atoms with E-state index in [9.17, 15) is 4.39 Å². The van der Waals surface area contributed by atoms with Crippen molar-refractivity contribution in [3.63, 3.8) is 0 Å². The van der Waals surface area contributed by atoms with Crippen LogP contribution in [-0.2, 0) is 0 Å². The molecular formula is C7H13F. The second-order valence-electron chi connectivity index (χ2n) is 2.13. The first-order valence-electron chi connectivity index (χ1n) is 2.95. The molecular weight excluding hydrogens is 103 g/mol. The molecule has 0 aromatic heterocycles. The molecule has 0 aliphatic heterocycles. The average molecular weight is 116 g/mol. The van der Waals surface area contributed by atoms with Crippen LogP contribution in [0.4, 0.5) is 4.39 Å². The lowest BCUT2D eigenvalue weighted by Gasteiger charge is -2.10. The van der Waals surface area contributed by atoms with Gasteiger partial charge >= 0.3 is 0 Å². The molecule has 1 unspecified atom stereocenters. The molecule has 0 heterocycles. The third-order valence-electron chi connectivity index (χ3n) is 1.21. The fraction of sp³-hybridized carbons (Fsp3) is 0.714. The van der Waals surface area contributed by atoms with E-state index in [0.29, 0.717) is 6.42 Å². The van der Waals surface area contributed by atoms with Gasteiger partial charge in [0.05, 0.1) is 0 Å². The highest BCUT2D eigenvalue weighted by atomic mass is 19.1. The first kappa shape index (κ1) is 7.67. The van der Waals surface area contributed by atoms with E-state index in [-0.39, 0.29) is 0 Å². The standard InChI is InChI=1S/C7H13F/c1-4-6-7(3,8)5-2/h4,6H,5H2,1-3H3. The van der Waals surface area contributed by atoms with Crippen LogP contribution in [0.2, 0.25) is 0 Å². The number of hydrogen-bond acceptors (Lipinski definition) is 0. The lowest BCUT2D eigenvalue weighted by Crippen LogP contribution is -2.10. The Balaban J connectivity index is 3.71. The maximum atomic E-state index is 12.7. The highest BCUT2D eigenvalue weighted by molar-refractivity contribution is 4.95. The maximum Gasteiger partial charge on any atom is 0.126 e. The Kier molecular flexibility index (Phi) is 2.74. The molecule has 0 amide bonds. The Hall–Kier alpha value is -0.330. The van der Waals surface area contributed by atoms with Gasteiger partial charge in [0.2, 0.25) is 0 Å². The van der Waals surface area contributed by atoms with Crippen LogP contribution in [0.3, 0.4) is 0 Å². The van der Waals surface area contributed by atoms with E-state index >= 15 is 0 Å². The summed E-state index contributed by atoms with van der Waals surface area (Å²) in [5.41, 5.74) is -1.09. The number of hydrogen-bond donors (Lipinski definition) is 0. The summed E-state index contributed by atoms with van der Waals surface area (Å²) in [4.78, 5) is 0. The van der Waals surface area contributed by atoms with Gasteiger partial charge < -0.3 is 0 Å². The summed E-state index contributed by atoms with van der Waals surface area (Å²) in [6, 6.07) is 0. The fourth-order valence-electron chi connectivity index (χ4n) is 0.465. The number of allylic oxidation sites excluding steroid dienone is 2. The number of halogens is 1. The Morgan fingerprint density at radius 2 is 2.12 bits per heavy atom. The van der Waals surface area contributed by atoms with E-state index in [0.717, 1.165) is 0 Å². The van der Waals surface area contributed by atoms with E-state index in [2.05, 4.69) is 0 Å². The maximum absolute atomic E-state index is 12.7. The van der Waals surface area contributed by atoms with Crippen molar-refractivity contribution >= 4 is 0 Å². The Labute approximate surface area is 50.4 Å². The largest absolute Gasteiger partial charge is 0.240 e. The van der Waals surface area contributed by atoms with Crippen molar-refractivity contribution in [2.45, 2.75) is 32.9 Å². The van der Waals surface area contributed by atoms with Crippen LogP contribution in [-0.4, -0.2) is 5.67 Å². The average Bonchev–Trinajstić information content (AvgIpc) is 1.67. The zero-order chi connectivity index (χ0) is 6.62. The summed E-state index contributed by atoms with van der Waals surface area (Å²) < 4.78 is 12.7. The topological polar surface area (TPSA) is 0 Å². The van der Waals surface area contributed by atoms with Crippen molar-refractivity contribution in [2.75, 3.05) is 0 Å². The molecule has 48 valence electrons. The summed E-state index contributed by atoms with van der Waals surface area (Å²) in [7, 11) is 0. The van der Waals surface area contributed by atoms with Crippen molar-refractivity contribution in [1.82, 2.24) is 0 Å². The van der Waals surface area contributed by atoms with Gasteiger partial charge in [0.15, 0.2) is 0 Å². The Morgan fingerprint density at radius 1 is 1.62 bits per heavy atom. The van der Waals surface area contributed by atoms with E-state index in [1.165, 1.54) is 0 Å². The summed E-state index contributed by atoms with van der Waals surface area (Å²) in [5.74, 6) is 0. The highest BCUT2D eigenvalue weighted by Crippen LogP contribution is 2.15. The third-order valence-corrected chi connectivity index (χ3v) is 1.21. The molecule has 0 aliphatic carbocycles. The van der Waals surface area contributed by atoms with Gasteiger partial charge in [0.1, 0.15) is 5.67 Å². The van der Waals surface area contributed by atoms with Gasteiger partial charge in [-0.15, -0.1) is 0 Å². The minimum Gasteiger partial charge on any atom is -0.240 e. The van der Waals surface area contributed by atoms with E-state index < -0.39 is 5.67 Å². The minimum atomic E-state index is -1.09. The van der Waals surface area contributed by atoms with Gasteiger partial charge in [0, 0.05) is 0 Å². The summed E-state index contributed by atoms with van der Waals surface area (Å²) in [6.07, 6.45) is 3.87. The quantitative estimate of drug-likeness (QED) is 0.486. The minimum absolute atomic E-state index is 0.553. The van der Waals surface area contributed by atoms with Crippen molar-refractivity contribution < 1.29 is 4.39 Å². The molecule has 0 saturated heterocycles. The first-order chi connectivity index (χ1) is 3.62. The number of rotatable bonds is 2. The van der Waals surface area contributed by atoms with Crippen LogP contribution in [0.15, 0.2) is 12.2 Å². The van der Waals surface area contributed by atoms with E-state index in [1.54, 1.807) is 19.1 Å². The molecule has 0 N–H and O–H groups in total. The zero-order valence-corrected chi connectivity index (χ0v) is 5.74. The molecule has 0 aromatic carbocycles. The molecule has 1 heteroatoms. The predicted octanol–water partition coefficient (Wildman–Crippen LogP) is 2.70. The monoisotopic (exact) mass is 116 g/mol. The van der Waals surface area contributed by atoms with Crippen LogP contribution >= 0.6 is 0 Å². The van der Waals surface area contributed by atoms with Gasteiger partial charge in [0.25, 0.3) is 0 Å². The second kappa shape index (κ2) is 2.85. The van der Waals surface area contributed by atoms with Gasteiger partial charge in [-0.05, 0) is 20.3 Å². The molecule has 0 spiro atoms. The lowest BCUT2D eigenvalue weighted by molar-refractivity contribution is 0.250. The van der Waals surface area contributed by atoms with E-state index in [1.807, 2.05) is 13.8 Å². The van der Waals surface area contributed by atoms with Crippen LogP contribution in [0, 0.1) is 0 Å². The van der Waals surface area contributed by atoms with Crippen molar-refractivity contribution in [2.24, 2.45) is 0 Å².